The summed E-state index contributed by atoms with van der Waals surface area (Å²) >= 11 is 6.07. The molecule has 0 saturated heterocycles. The van der Waals surface area contributed by atoms with E-state index in [0.717, 1.165) is 0 Å². The van der Waals surface area contributed by atoms with Gasteiger partial charge in [0.15, 0.2) is 4.74 Å². The van der Waals surface area contributed by atoms with Crippen LogP contribution in [0.5, 0.6) is 0 Å². The summed E-state index contributed by atoms with van der Waals surface area (Å²) in [4.78, 5) is 7.57. The second kappa shape index (κ2) is 3.36. The number of hydrogen-bond acceptors (Lipinski definition) is 4. The highest BCUT2D eigenvalue weighted by Crippen LogP contribution is 2.18. The van der Waals surface area contributed by atoms with Gasteiger partial charge in [-0.15, -0.1) is 0 Å². The van der Waals surface area contributed by atoms with Crippen LogP contribution in [0.25, 0.3) is 0 Å². The van der Waals surface area contributed by atoms with E-state index in [1.54, 1.807) is 0 Å². The van der Waals surface area contributed by atoms with Crippen LogP contribution < -0.4 is 5.11 Å². The molecule has 60 valence electrons. The third-order valence-electron chi connectivity index (χ3n) is 0.969. The van der Waals surface area contributed by atoms with Gasteiger partial charge in [0, 0.05) is 0 Å². The second-order valence-electron chi connectivity index (χ2n) is 1.62. The number of amidine groups is 1. The second-order valence-corrected chi connectivity index (χ2v) is 3.08. The van der Waals surface area contributed by atoms with Gasteiger partial charge in [0.1, 0.15) is 10.3 Å². The summed E-state index contributed by atoms with van der Waals surface area (Å²) in [5.74, 6) is -0.505. The minimum absolute atomic E-state index is 0.180. The molecular formula is C5H3Br2N2O2-. The first kappa shape index (κ1) is 8.73. The number of hydrogen-bond donors (Lipinski definition) is 0. The van der Waals surface area contributed by atoms with Crippen LogP contribution >= 0.6 is 31.9 Å². The average Bonchev–Trinajstić information content (AvgIpc) is 2.28. The van der Waals surface area contributed by atoms with E-state index in [4.69, 9.17) is 0 Å². The normalized spacial score (nSPS) is 21.0. The summed E-state index contributed by atoms with van der Waals surface area (Å²) in [6, 6.07) is 0. The summed E-state index contributed by atoms with van der Waals surface area (Å²) in [7, 11) is 1.29. The van der Waals surface area contributed by atoms with Crippen LogP contribution in [0.4, 0.5) is 0 Å². The smallest absolute Gasteiger partial charge is 0.198 e. The standard InChI is InChI=1S/C5H4Br2N2O2/c1-11-4(10)2-3(6)9-5(7)8-2/h10H,1H3/p-1. The molecule has 0 saturated carbocycles. The van der Waals surface area contributed by atoms with Gasteiger partial charge in [0.05, 0.1) is 5.95 Å². The first-order valence-electron chi connectivity index (χ1n) is 2.59. The Kier molecular flexibility index (Phi) is 2.67. The minimum atomic E-state index is -0.505. The van der Waals surface area contributed by atoms with E-state index in [9.17, 15) is 5.11 Å². The van der Waals surface area contributed by atoms with Crippen LogP contribution in [-0.4, -0.2) is 16.5 Å². The maximum absolute atomic E-state index is 10.9. The van der Waals surface area contributed by atoms with E-state index in [1.165, 1.54) is 7.11 Å². The lowest BCUT2D eigenvalue weighted by atomic mass is 10.5. The molecule has 0 aromatic rings. The summed E-state index contributed by atoms with van der Waals surface area (Å²) in [5, 5.41) is 10.9. The fourth-order valence-electron chi connectivity index (χ4n) is 0.524. The molecule has 0 fully saturated rings. The van der Waals surface area contributed by atoms with Crippen LogP contribution in [0.3, 0.4) is 0 Å². The van der Waals surface area contributed by atoms with Crippen molar-refractivity contribution in [2.45, 2.75) is 0 Å². The van der Waals surface area contributed by atoms with Gasteiger partial charge < -0.3 is 9.84 Å². The minimum Gasteiger partial charge on any atom is -0.615 e. The van der Waals surface area contributed by atoms with Gasteiger partial charge in [-0.2, -0.15) is 0 Å². The Morgan fingerprint density at radius 3 is 2.45 bits per heavy atom. The highest BCUT2D eigenvalue weighted by molar-refractivity contribution is 9.19. The van der Waals surface area contributed by atoms with Crippen LogP contribution in [0, 0.1) is 0 Å². The summed E-state index contributed by atoms with van der Waals surface area (Å²) < 4.78 is 5.19. The van der Waals surface area contributed by atoms with Crippen molar-refractivity contribution in [3.8, 4) is 0 Å². The number of rotatable bonds is 1. The van der Waals surface area contributed by atoms with Crippen LogP contribution in [0.15, 0.2) is 21.6 Å². The van der Waals surface area contributed by atoms with Gasteiger partial charge >= 0.3 is 0 Å². The summed E-state index contributed by atoms with van der Waals surface area (Å²) in [6.07, 6.45) is 0. The molecule has 0 aromatic heterocycles. The molecule has 0 aromatic carbocycles. The number of nitrogens with zero attached hydrogens (tertiary/aromatic N) is 2. The number of ether oxygens (including phenoxy) is 1. The van der Waals surface area contributed by atoms with Crippen molar-refractivity contribution in [1.82, 2.24) is 0 Å². The van der Waals surface area contributed by atoms with E-state index >= 15 is 0 Å². The van der Waals surface area contributed by atoms with Gasteiger partial charge in [-0.1, -0.05) is 0 Å². The topological polar surface area (TPSA) is 57.0 Å². The molecule has 6 heteroatoms. The zero-order valence-electron chi connectivity index (χ0n) is 5.47. The average molecular weight is 283 g/mol. The molecule has 4 nitrogen and oxygen atoms in total. The Labute approximate surface area is 79.9 Å². The predicted molar refractivity (Wildman–Crippen MR) is 46.8 cm³/mol. The Morgan fingerprint density at radius 1 is 1.45 bits per heavy atom. The monoisotopic (exact) mass is 281 g/mol. The third kappa shape index (κ3) is 1.81. The molecule has 0 atom stereocenters. The Hall–Kier alpha value is -0.360. The highest BCUT2D eigenvalue weighted by atomic mass is 79.9. The highest BCUT2D eigenvalue weighted by Gasteiger charge is 2.12. The Bertz CT molecular complexity index is 270. The number of halogens is 2. The van der Waals surface area contributed by atoms with Gasteiger partial charge in [-0.3, -0.25) is 0 Å². The molecule has 0 radical (unpaired) electrons. The van der Waals surface area contributed by atoms with E-state index < -0.39 is 5.95 Å². The van der Waals surface area contributed by atoms with Crippen molar-refractivity contribution in [3.05, 3.63) is 11.6 Å². The zero-order valence-corrected chi connectivity index (χ0v) is 8.64. The van der Waals surface area contributed by atoms with Crippen molar-refractivity contribution < 1.29 is 9.84 Å². The SMILES string of the molecule is COC([O-])=C1N=C(Br)N=C1Br. The van der Waals surface area contributed by atoms with E-state index in [2.05, 4.69) is 46.6 Å². The molecular weight excluding hydrogens is 280 g/mol. The number of allylic oxidation sites excluding steroid dienone is 1. The van der Waals surface area contributed by atoms with Gasteiger partial charge in [0.25, 0.3) is 0 Å². The molecule has 0 N–H and O–H groups in total. The number of aliphatic imine (C=N–C) groups is 2. The fourth-order valence-corrected chi connectivity index (χ4v) is 1.53. The van der Waals surface area contributed by atoms with Crippen LogP contribution in [-0.2, 0) is 4.74 Å². The quantitative estimate of drug-likeness (QED) is 0.526. The van der Waals surface area contributed by atoms with Crippen molar-refractivity contribution >= 4 is 41.2 Å². The van der Waals surface area contributed by atoms with E-state index in [0.29, 0.717) is 9.37 Å². The molecule has 0 bridgehead atoms. The molecule has 1 aliphatic heterocycles. The van der Waals surface area contributed by atoms with Crippen LogP contribution in [0.2, 0.25) is 0 Å². The van der Waals surface area contributed by atoms with Gasteiger partial charge in [-0.05, 0) is 39.0 Å². The lowest BCUT2D eigenvalue weighted by Crippen LogP contribution is -2.10. The maximum atomic E-state index is 10.9. The summed E-state index contributed by atoms with van der Waals surface area (Å²) in [5.41, 5.74) is 0.180. The van der Waals surface area contributed by atoms with Crippen molar-refractivity contribution in [2.75, 3.05) is 7.11 Å². The Balaban J connectivity index is 3.02. The van der Waals surface area contributed by atoms with E-state index in [-0.39, 0.29) is 5.70 Å². The van der Waals surface area contributed by atoms with Gasteiger partial charge in [-0.25, -0.2) is 9.98 Å². The van der Waals surface area contributed by atoms with Gasteiger partial charge in [0.2, 0.25) is 0 Å². The van der Waals surface area contributed by atoms with E-state index in [1.807, 2.05) is 0 Å². The maximum Gasteiger partial charge on any atom is 0.198 e. The lowest BCUT2D eigenvalue weighted by molar-refractivity contribution is -0.354. The van der Waals surface area contributed by atoms with Crippen molar-refractivity contribution in [2.24, 2.45) is 9.98 Å². The largest absolute Gasteiger partial charge is 0.615 e. The molecule has 11 heavy (non-hydrogen) atoms. The summed E-state index contributed by atoms with van der Waals surface area (Å²) in [6.45, 7) is 0. The Morgan fingerprint density at radius 2 is 2.09 bits per heavy atom. The number of methoxy groups -OCH3 is 1. The molecule has 1 rings (SSSR count). The molecule has 1 aliphatic rings. The predicted octanol–water partition coefficient (Wildman–Crippen LogP) is 0.720. The molecule has 0 aliphatic carbocycles. The fraction of sp³-hybridized carbons (Fsp3) is 0.200. The molecule has 0 amide bonds. The van der Waals surface area contributed by atoms with Crippen LogP contribution in [0.1, 0.15) is 0 Å². The van der Waals surface area contributed by atoms with Crippen molar-refractivity contribution in [3.63, 3.8) is 0 Å². The first-order chi connectivity index (χ1) is 5.15. The zero-order chi connectivity index (χ0) is 8.43. The molecule has 1 heterocycles. The molecule has 0 spiro atoms. The van der Waals surface area contributed by atoms with Crippen molar-refractivity contribution in [1.29, 1.82) is 0 Å². The first-order valence-corrected chi connectivity index (χ1v) is 4.17. The molecule has 0 unspecified atom stereocenters. The third-order valence-corrected chi connectivity index (χ3v) is 1.88. The lowest BCUT2D eigenvalue weighted by Gasteiger charge is -2.09.